The van der Waals surface area contributed by atoms with E-state index >= 15 is 0 Å². The van der Waals surface area contributed by atoms with E-state index in [1.807, 2.05) is 24.3 Å². The van der Waals surface area contributed by atoms with Gasteiger partial charge in [-0.1, -0.05) is 12.1 Å². The van der Waals surface area contributed by atoms with Gasteiger partial charge in [-0.2, -0.15) is 5.10 Å². The third-order valence-corrected chi connectivity index (χ3v) is 3.07. The first-order valence-electron chi connectivity index (χ1n) is 6.40. The Kier molecular flexibility index (Phi) is 3.71. The van der Waals surface area contributed by atoms with Gasteiger partial charge in [0, 0.05) is 6.54 Å². The molecule has 2 heterocycles. The molecule has 0 aliphatic carbocycles. The number of aromatic nitrogens is 3. The van der Waals surface area contributed by atoms with E-state index in [4.69, 9.17) is 4.74 Å². The van der Waals surface area contributed by atoms with Crippen molar-refractivity contribution in [1.82, 2.24) is 20.1 Å². The summed E-state index contributed by atoms with van der Waals surface area (Å²) in [5, 5.41) is 10.1. The predicted octanol–water partition coefficient (Wildman–Crippen LogP) is 0.194. The number of hydrogen-bond acceptors (Lipinski definition) is 5. The number of nitrogens with zero attached hydrogens (tertiary/aromatic N) is 3. The lowest BCUT2D eigenvalue weighted by Crippen LogP contribution is -2.48. The van der Waals surface area contributed by atoms with E-state index in [9.17, 15) is 4.79 Å². The van der Waals surface area contributed by atoms with Crippen molar-refractivity contribution in [3.05, 3.63) is 36.9 Å². The Morgan fingerprint density at radius 3 is 3.10 bits per heavy atom. The van der Waals surface area contributed by atoms with E-state index in [1.165, 1.54) is 6.33 Å². The summed E-state index contributed by atoms with van der Waals surface area (Å²) in [6.07, 6.45) is 3.04. The normalized spacial score (nSPS) is 18.7. The Labute approximate surface area is 116 Å². The molecule has 1 atom stereocenters. The van der Waals surface area contributed by atoms with Crippen LogP contribution in [-0.4, -0.2) is 46.5 Å². The van der Waals surface area contributed by atoms with Gasteiger partial charge >= 0.3 is 0 Å². The molecular weight excluding hydrogens is 258 g/mol. The van der Waals surface area contributed by atoms with Crippen molar-refractivity contribution in [3.8, 4) is 5.69 Å². The second-order valence-electron chi connectivity index (χ2n) is 4.43. The number of rotatable bonds is 3. The highest BCUT2D eigenvalue weighted by molar-refractivity contribution is 5.96. The van der Waals surface area contributed by atoms with Gasteiger partial charge in [-0.15, -0.1) is 0 Å². The molecule has 1 fully saturated rings. The Morgan fingerprint density at radius 1 is 1.45 bits per heavy atom. The topological polar surface area (TPSA) is 81.1 Å². The molecule has 7 nitrogen and oxygen atoms in total. The van der Waals surface area contributed by atoms with Crippen molar-refractivity contribution in [2.24, 2.45) is 0 Å². The molecular formula is C13H15N5O2. The van der Waals surface area contributed by atoms with Gasteiger partial charge in [0.2, 0.25) is 5.91 Å². The molecule has 2 N–H and O–H groups in total. The number of para-hydroxylation sites is 2. The average Bonchev–Trinajstić information content (AvgIpc) is 3.03. The molecule has 2 aromatic rings. The molecule has 0 spiro atoms. The van der Waals surface area contributed by atoms with Gasteiger partial charge in [-0.05, 0) is 12.1 Å². The van der Waals surface area contributed by atoms with Gasteiger partial charge < -0.3 is 15.4 Å². The first-order valence-corrected chi connectivity index (χ1v) is 6.40. The van der Waals surface area contributed by atoms with Crippen LogP contribution in [0, 0.1) is 0 Å². The highest BCUT2D eigenvalue weighted by Gasteiger charge is 2.22. The first kappa shape index (κ1) is 12.8. The highest BCUT2D eigenvalue weighted by Crippen LogP contribution is 2.18. The number of hydrogen-bond donors (Lipinski definition) is 2. The number of benzene rings is 1. The molecule has 1 aromatic carbocycles. The van der Waals surface area contributed by atoms with Crippen LogP contribution in [0.1, 0.15) is 0 Å². The number of morpholine rings is 1. The lowest BCUT2D eigenvalue weighted by Gasteiger charge is -2.23. The average molecular weight is 273 g/mol. The molecule has 1 saturated heterocycles. The summed E-state index contributed by atoms with van der Waals surface area (Å²) in [6.45, 7) is 1.71. The minimum Gasteiger partial charge on any atom is -0.378 e. The zero-order valence-corrected chi connectivity index (χ0v) is 10.8. The van der Waals surface area contributed by atoms with E-state index in [0.29, 0.717) is 25.4 Å². The Bertz CT molecular complexity index is 578. The highest BCUT2D eigenvalue weighted by atomic mass is 16.5. The van der Waals surface area contributed by atoms with Crippen molar-refractivity contribution in [2.75, 3.05) is 25.1 Å². The summed E-state index contributed by atoms with van der Waals surface area (Å²) in [5.41, 5.74) is 1.46. The minimum atomic E-state index is -0.326. The maximum Gasteiger partial charge on any atom is 0.243 e. The first-order chi connectivity index (χ1) is 9.84. The van der Waals surface area contributed by atoms with Crippen LogP contribution >= 0.6 is 0 Å². The fraction of sp³-hybridized carbons (Fsp3) is 0.308. The van der Waals surface area contributed by atoms with Gasteiger partial charge in [-0.3, -0.25) is 4.79 Å². The van der Waals surface area contributed by atoms with Gasteiger partial charge in [0.25, 0.3) is 0 Å². The van der Waals surface area contributed by atoms with Crippen LogP contribution in [0.25, 0.3) is 5.69 Å². The quantitative estimate of drug-likeness (QED) is 0.834. The number of carbonyl (C=O) groups excluding carboxylic acids is 1. The second kappa shape index (κ2) is 5.81. The molecule has 1 unspecified atom stereocenters. The molecule has 1 aliphatic rings. The monoisotopic (exact) mass is 273 g/mol. The summed E-state index contributed by atoms with van der Waals surface area (Å²) in [7, 11) is 0. The van der Waals surface area contributed by atoms with E-state index in [2.05, 4.69) is 20.7 Å². The fourth-order valence-electron chi connectivity index (χ4n) is 2.07. The van der Waals surface area contributed by atoms with Crippen LogP contribution in [0.2, 0.25) is 0 Å². The third kappa shape index (κ3) is 2.68. The number of anilines is 1. The molecule has 1 amide bonds. The molecule has 20 heavy (non-hydrogen) atoms. The van der Waals surface area contributed by atoms with E-state index in [-0.39, 0.29) is 11.9 Å². The van der Waals surface area contributed by atoms with Crippen molar-refractivity contribution < 1.29 is 9.53 Å². The molecule has 7 heteroatoms. The summed E-state index contributed by atoms with van der Waals surface area (Å²) in [6, 6.07) is 7.12. The minimum absolute atomic E-state index is 0.114. The van der Waals surface area contributed by atoms with Crippen molar-refractivity contribution in [1.29, 1.82) is 0 Å². The molecule has 3 rings (SSSR count). The molecule has 104 valence electrons. The molecule has 1 aromatic heterocycles. The molecule has 0 radical (unpaired) electrons. The second-order valence-corrected chi connectivity index (χ2v) is 4.43. The van der Waals surface area contributed by atoms with Crippen LogP contribution in [0.4, 0.5) is 5.69 Å². The predicted molar refractivity (Wildman–Crippen MR) is 72.6 cm³/mol. The SMILES string of the molecule is O=C(Nc1ccccc1-n1cncn1)C1COCCN1. The Hall–Kier alpha value is -2.25. The van der Waals surface area contributed by atoms with Crippen molar-refractivity contribution in [2.45, 2.75) is 6.04 Å². The number of amides is 1. The molecule has 0 saturated carbocycles. The van der Waals surface area contributed by atoms with Crippen LogP contribution in [0.5, 0.6) is 0 Å². The number of carbonyl (C=O) groups is 1. The number of nitrogens with one attached hydrogen (secondary N) is 2. The van der Waals surface area contributed by atoms with Gasteiger partial charge in [-0.25, -0.2) is 9.67 Å². The van der Waals surface area contributed by atoms with E-state index < -0.39 is 0 Å². The molecule has 0 bridgehead atoms. The maximum absolute atomic E-state index is 12.2. The van der Waals surface area contributed by atoms with E-state index in [0.717, 1.165) is 5.69 Å². The van der Waals surface area contributed by atoms with E-state index in [1.54, 1.807) is 11.0 Å². The summed E-state index contributed by atoms with van der Waals surface area (Å²) < 4.78 is 6.90. The van der Waals surface area contributed by atoms with Gasteiger partial charge in [0.05, 0.1) is 24.6 Å². The zero-order valence-electron chi connectivity index (χ0n) is 10.8. The summed E-state index contributed by atoms with van der Waals surface area (Å²) in [4.78, 5) is 16.1. The van der Waals surface area contributed by atoms with Gasteiger partial charge in [0.1, 0.15) is 18.7 Å². The Balaban J connectivity index is 1.79. The van der Waals surface area contributed by atoms with Gasteiger partial charge in [0.15, 0.2) is 0 Å². The lowest BCUT2D eigenvalue weighted by molar-refractivity contribution is -0.120. The zero-order chi connectivity index (χ0) is 13.8. The number of ether oxygens (including phenoxy) is 1. The summed E-state index contributed by atoms with van der Waals surface area (Å²) in [5.74, 6) is -0.114. The molecule has 1 aliphatic heterocycles. The summed E-state index contributed by atoms with van der Waals surface area (Å²) >= 11 is 0. The van der Waals surface area contributed by atoms with Crippen LogP contribution in [0.3, 0.4) is 0 Å². The van der Waals surface area contributed by atoms with Crippen LogP contribution in [0.15, 0.2) is 36.9 Å². The smallest absolute Gasteiger partial charge is 0.243 e. The lowest BCUT2D eigenvalue weighted by atomic mass is 10.2. The van der Waals surface area contributed by atoms with Crippen LogP contribution < -0.4 is 10.6 Å². The van der Waals surface area contributed by atoms with Crippen molar-refractivity contribution >= 4 is 11.6 Å². The standard InChI is InChI=1S/C13H15N5O2/c19-13(11-7-20-6-5-15-11)17-10-3-1-2-4-12(10)18-9-14-8-16-18/h1-4,8-9,11,15H,5-7H2,(H,17,19). The fourth-order valence-corrected chi connectivity index (χ4v) is 2.07. The maximum atomic E-state index is 12.2. The van der Waals surface area contributed by atoms with Crippen LogP contribution in [-0.2, 0) is 9.53 Å². The largest absolute Gasteiger partial charge is 0.378 e. The third-order valence-electron chi connectivity index (χ3n) is 3.07. The Morgan fingerprint density at radius 2 is 2.35 bits per heavy atom. The van der Waals surface area contributed by atoms with Crippen molar-refractivity contribution in [3.63, 3.8) is 0 Å².